The van der Waals surface area contributed by atoms with Gasteiger partial charge in [0, 0.05) is 11.4 Å². The van der Waals surface area contributed by atoms with E-state index in [2.05, 4.69) is 168 Å². The van der Waals surface area contributed by atoms with Crippen LogP contribution in [0.3, 0.4) is 0 Å². The molecule has 0 saturated heterocycles. The summed E-state index contributed by atoms with van der Waals surface area (Å²) >= 11 is 0. The van der Waals surface area contributed by atoms with E-state index >= 15 is 0 Å². The molecule has 0 N–H and O–H groups in total. The fraction of sp³-hybridized carbons (Fsp3) is 0.0244. The monoisotopic (exact) mass is 548 g/mol. The first-order chi connectivity index (χ1) is 21.2. The second-order valence-electron chi connectivity index (χ2n) is 11.5. The van der Waals surface area contributed by atoms with Crippen LogP contribution < -0.4 is 9.80 Å². The summed E-state index contributed by atoms with van der Waals surface area (Å²) < 4.78 is 0. The minimum absolute atomic E-state index is 1.16. The van der Waals surface area contributed by atoms with Crippen LogP contribution in [0, 0.1) is 6.92 Å². The molecule has 202 valence electrons. The third-order valence-electron chi connectivity index (χ3n) is 9.03. The first kappa shape index (κ1) is 24.0. The van der Waals surface area contributed by atoms with Gasteiger partial charge in [0.15, 0.2) is 0 Å². The number of anilines is 6. The highest BCUT2D eigenvalue weighted by Crippen LogP contribution is 2.57. The fourth-order valence-corrected chi connectivity index (χ4v) is 6.96. The second-order valence-corrected chi connectivity index (χ2v) is 11.5. The molecule has 9 rings (SSSR count). The van der Waals surface area contributed by atoms with Gasteiger partial charge in [-0.2, -0.15) is 0 Å². The van der Waals surface area contributed by atoms with Crippen molar-refractivity contribution in [2.75, 3.05) is 9.80 Å². The van der Waals surface area contributed by atoms with Crippen LogP contribution >= 0.6 is 0 Å². The normalized spacial score (nSPS) is 12.7. The number of nitrogens with zero attached hydrogens (tertiary/aromatic N) is 2. The Bertz CT molecular complexity index is 2390. The Labute approximate surface area is 250 Å². The number of benzene rings is 8. The molecule has 8 aromatic carbocycles. The lowest BCUT2D eigenvalue weighted by Crippen LogP contribution is -2.25. The number of hydrogen-bond donors (Lipinski definition) is 0. The highest BCUT2D eigenvalue weighted by molar-refractivity contribution is 6.11. The molecule has 1 aliphatic heterocycles. The molecule has 0 atom stereocenters. The highest BCUT2D eigenvalue weighted by atomic mass is 15.3. The third kappa shape index (κ3) is 3.67. The lowest BCUT2D eigenvalue weighted by atomic mass is 9.94. The van der Waals surface area contributed by atoms with Crippen molar-refractivity contribution in [2.45, 2.75) is 6.92 Å². The summed E-state index contributed by atoms with van der Waals surface area (Å²) in [5.74, 6) is 0. The van der Waals surface area contributed by atoms with Crippen molar-refractivity contribution in [3.63, 3.8) is 0 Å². The van der Waals surface area contributed by atoms with Gasteiger partial charge in [-0.05, 0) is 98.0 Å². The molecule has 0 saturated carbocycles. The van der Waals surface area contributed by atoms with E-state index in [1.165, 1.54) is 71.4 Å². The average Bonchev–Trinajstić information content (AvgIpc) is 3.06. The smallest absolute Gasteiger partial charge is 0.0739 e. The number of rotatable bonds is 2. The van der Waals surface area contributed by atoms with Gasteiger partial charge in [0.1, 0.15) is 0 Å². The summed E-state index contributed by atoms with van der Waals surface area (Å²) in [6, 6.07) is 55.5. The molecular formula is C41H28N2. The largest absolute Gasteiger partial charge is 0.306 e. The van der Waals surface area contributed by atoms with Crippen LogP contribution in [0.5, 0.6) is 0 Å². The first-order valence-electron chi connectivity index (χ1n) is 14.9. The van der Waals surface area contributed by atoms with Gasteiger partial charge in [-0.15, -0.1) is 0 Å². The Kier molecular flexibility index (Phi) is 5.15. The number of hydrogen-bond acceptors (Lipinski definition) is 2. The third-order valence-corrected chi connectivity index (χ3v) is 9.03. The molecule has 8 aromatic rings. The molecule has 0 unspecified atom stereocenters. The van der Waals surface area contributed by atoms with Crippen molar-refractivity contribution >= 4 is 77.2 Å². The van der Waals surface area contributed by atoms with Gasteiger partial charge in [0.25, 0.3) is 0 Å². The van der Waals surface area contributed by atoms with Gasteiger partial charge < -0.3 is 9.80 Å². The van der Waals surface area contributed by atoms with Gasteiger partial charge in [0.05, 0.1) is 22.7 Å². The van der Waals surface area contributed by atoms with Crippen LogP contribution in [-0.2, 0) is 0 Å². The summed E-state index contributed by atoms with van der Waals surface area (Å²) in [7, 11) is 0. The Morgan fingerprint density at radius 3 is 1.35 bits per heavy atom. The summed E-state index contributed by atoms with van der Waals surface area (Å²) in [4.78, 5) is 4.96. The Morgan fingerprint density at radius 1 is 0.349 bits per heavy atom. The molecule has 0 fully saturated rings. The van der Waals surface area contributed by atoms with Crippen LogP contribution in [0.2, 0.25) is 0 Å². The standard InChI is InChI=1S/C41H28N2/c1-27-37-17-9-8-16-34(37)26-40-41(27)43(36-21-19-29-11-3-5-13-31(29)23-36)39-25-33-15-7-6-14-32(33)24-38(39)42(40)35-20-18-28-10-2-4-12-30(28)22-35/h2-26H,1H3. The zero-order chi connectivity index (χ0) is 28.5. The van der Waals surface area contributed by atoms with E-state index in [-0.39, 0.29) is 0 Å². The maximum atomic E-state index is 2.49. The molecule has 0 amide bonds. The van der Waals surface area contributed by atoms with Crippen LogP contribution in [0.1, 0.15) is 5.56 Å². The SMILES string of the molecule is Cc1c2c(cc3ccccc13)N(c1ccc3ccccc3c1)c1cc3ccccc3cc1N2c1ccc2ccccc2c1. The fourth-order valence-electron chi connectivity index (χ4n) is 6.96. The van der Waals surface area contributed by atoms with Crippen molar-refractivity contribution in [3.8, 4) is 0 Å². The lowest BCUT2D eigenvalue weighted by molar-refractivity contribution is 1.17. The van der Waals surface area contributed by atoms with E-state index in [4.69, 9.17) is 0 Å². The molecule has 0 bridgehead atoms. The molecule has 0 radical (unpaired) electrons. The van der Waals surface area contributed by atoms with Crippen LogP contribution in [0.15, 0.2) is 152 Å². The zero-order valence-corrected chi connectivity index (χ0v) is 23.8. The molecule has 43 heavy (non-hydrogen) atoms. The van der Waals surface area contributed by atoms with Crippen molar-refractivity contribution in [1.29, 1.82) is 0 Å². The summed E-state index contributed by atoms with van der Waals surface area (Å²) in [6.45, 7) is 2.28. The van der Waals surface area contributed by atoms with Crippen molar-refractivity contribution in [3.05, 3.63) is 157 Å². The lowest BCUT2D eigenvalue weighted by Gasteiger charge is -2.42. The van der Waals surface area contributed by atoms with E-state index in [0.29, 0.717) is 0 Å². The molecule has 2 heteroatoms. The Balaban J connectivity index is 1.42. The quantitative estimate of drug-likeness (QED) is 0.212. The molecular weight excluding hydrogens is 520 g/mol. The summed E-state index contributed by atoms with van der Waals surface area (Å²) in [5, 5.41) is 9.93. The van der Waals surface area contributed by atoms with Crippen molar-refractivity contribution < 1.29 is 0 Å². The molecule has 1 heterocycles. The predicted molar refractivity (Wildman–Crippen MR) is 184 cm³/mol. The summed E-state index contributed by atoms with van der Waals surface area (Å²) in [6.07, 6.45) is 0. The molecule has 0 spiro atoms. The molecule has 0 aliphatic carbocycles. The van der Waals surface area contributed by atoms with Crippen LogP contribution in [-0.4, -0.2) is 0 Å². The van der Waals surface area contributed by atoms with Crippen LogP contribution in [0.25, 0.3) is 43.1 Å². The maximum Gasteiger partial charge on any atom is 0.0739 e. The van der Waals surface area contributed by atoms with E-state index in [0.717, 1.165) is 11.4 Å². The van der Waals surface area contributed by atoms with Gasteiger partial charge >= 0.3 is 0 Å². The topological polar surface area (TPSA) is 6.48 Å². The van der Waals surface area contributed by atoms with Gasteiger partial charge in [0.2, 0.25) is 0 Å². The number of aryl methyl sites for hydroxylation is 1. The predicted octanol–water partition coefficient (Wildman–Crippen LogP) is 11.9. The van der Waals surface area contributed by atoms with Gasteiger partial charge in [-0.3, -0.25) is 0 Å². The van der Waals surface area contributed by atoms with E-state index < -0.39 is 0 Å². The first-order valence-corrected chi connectivity index (χ1v) is 14.9. The minimum atomic E-state index is 1.16. The molecule has 0 aromatic heterocycles. The molecule has 1 aliphatic rings. The van der Waals surface area contributed by atoms with E-state index in [1.807, 2.05) is 0 Å². The Morgan fingerprint density at radius 2 is 0.767 bits per heavy atom. The minimum Gasteiger partial charge on any atom is -0.306 e. The second kappa shape index (κ2) is 9.20. The number of fused-ring (bicyclic) bond motifs is 6. The van der Waals surface area contributed by atoms with Crippen molar-refractivity contribution in [1.82, 2.24) is 0 Å². The van der Waals surface area contributed by atoms with E-state index in [1.54, 1.807) is 0 Å². The maximum absolute atomic E-state index is 2.49. The van der Waals surface area contributed by atoms with Gasteiger partial charge in [-0.25, -0.2) is 0 Å². The van der Waals surface area contributed by atoms with Crippen molar-refractivity contribution in [2.24, 2.45) is 0 Å². The molecule has 2 nitrogen and oxygen atoms in total. The average molecular weight is 549 g/mol. The van der Waals surface area contributed by atoms with Crippen LogP contribution in [0.4, 0.5) is 34.1 Å². The Hall–Kier alpha value is -5.60. The zero-order valence-electron chi connectivity index (χ0n) is 23.8. The highest BCUT2D eigenvalue weighted by Gasteiger charge is 2.33. The van der Waals surface area contributed by atoms with Gasteiger partial charge in [-0.1, -0.05) is 109 Å². The summed E-state index contributed by atoms with van der Waals surface area (Å²) in [5.41, 5.74) is 8.33. The van der Waals surface area contributed by atoms with E-state index in [9.17, 15) is 0 Å².